The second-order valence-corrected chi connectivity index (χ2v) is 5.73. The maximum absolute atomic E-state index is 12.0. The molecule has 2 aromatic heterocycles. The zero-order chi connectivity index (χ0) is 19.6. The number of nitrogens with zero attached hydrogens (tertiary/aromatic N) is 2. The van der Waals surface area contributed by atoms with Gasteiger partial charge in [0.05, 0.1) is 24.1 Å². The lowest BCUT2D eigenvalue weighted by molar-refractivity contribution is 0.0697. The van der Waals surface area contributed by atoms with E-state index < -0.39 is 23.1 Å². The molecular weight excluding hydrogens is 354 g/mol. The van der Waals surface area contributed by atoms with Crippen molar-refractivity contribution in [1.29, 1.82) is 0 Å². The first kappa shape index (κ1) is 17.9. The molecule has 3 aromatic rings. The molecule has 0 saturated heterocycles. The smallest absolute Gasteiger partial charge is 0.335 e. The van der Waals surface area contributed by atoms with Crippen molar-refractivity contribution < 1.29 is 19.4 Å². The summed E-state index contributed by atoms with van der Waals surface area (Å²) in [5.41, 5.74) is -0.680. The van der Waals surface area contributed by atoms with Gasteiger partial charge in [-0.05, 0) is 42.8 Å². The van der Waals surface area contributed by atoms with Crippen LogP contribution in [0.3, 0.4) is 0 Å². The van der Waals surface area contributed by atoms with Crippen molar-refractivity contribution in [2.24, 2.45) is 4.99 Å². The normalized spacial score (nSPS) is 11.1. The zero-order valence-corrected chi connectivity index (χ0v) is 14.2. The lowest BCUT2D eigenvalue weighted by Crippen LogP contribution is -2.32. The Bertz CT molecular complexity index is 1140. The molecule has 0 aliphatic heterocycles. The molecule has 27 heavy (non-hydrogen) atoms. The second-order valence-electron chi connectivity index (χ2n) is 5.73. The third kappa shape index (κ3) is 3.71. The minimum absolute atomic E-state index is 0.0678. The summed E-state index contributed by atoms with van der Waals surface area (Å²) in [5.74, 6) is -1.20. The van der Waals surface area contributed by atoms with Gasteiger partial charge in [-0.2, -0.15) is 0 Å². The van der Waals surface area contributed by atoms with Crippen LogP contribution in [0.5, 0.6) is 5.88 Å². The average molecular weight is 369 g/mol. The van der Waals surface area contributed by atoms with Gasteiger partial charge in [-0.15, -0.1) is 0 Å². The van der Waals surface area contributed by atoms with Gasteiger partial charge in [0.1, 0.15) is 11.3 Å². The fourth-order valence-corrected chi connectivity index (χ4v) is 2.46. The van der Waals surface area contributed by atoms with Crippen molar-refractivity contribution in [3.63, 3.8) is 0 Å². The van der Waals surface area contributed by atoms with Crippen LogP contribution in [0.1, 0.15) is 27.2 Å². The van der Waals surface area contributed by atoms with Crippen molar-refractivity contribution in [3.05, 3.63) is 79.9 Å². The predicted molar refractivity (Wildman–Crippen MR) is 96.2 cm³/mol. The standard InChI is InChI=1S/C18H15N3O6/c1-10-7-11(17(24)25)4-5-14(10)19-8-13-15(22)20-18(26)21(16(13)23)9-12-3-2-6-27-12/h2-8,23H,9H2,1H3,(H,24,25)(H,20,22,26). The number of aromatic hydroxyl groups is 1. The number of benzene rings is 1. The van der Waals surface area contributed by atoms with Gasteiger partial charge in [-0.1, -0.05) is 0 Å². The van der Waals surface area contributed by atoms with Crippen molar-refractivity contribution in [2.45, 2.75) is 13.5 Å². The van der Waals surface area contributed by atoms with Crippen molar-refractivity contribution in [2.75, 3.05) is 0 Å². The molecule has 9 nitrogen and oxygen atoms in total. The van der Waals surface area contributed by atoms with E-state index in [0.717, 1.165) is 10.8 Å². The Balaban J connectivity index is 1.99. The van der Waals surface area contributed by atoms with E-state index in [-0.39, 0.29) is 17.7 Å². The predicted octanol–water partition coefficient (Wildman–Crippen LogP) is 1.64. The second kappa shape index (κ2) is 7.16. The quantitative estimate of drug-likeness (QED) is 0.585. The van der Waals surface area contributed by atoms with E-state index in [1.165, 1.54) is 24.5 Å². The number of rotatable bonds is 5. The van der Waals surface area contributed by atoms with Crippen LogP contribution in [-0.2, 0) is 6.54 Å². The number of hydrogen-bond acceptors (Lipinski definition) is 6. The highest BCUT2D eigenvalue weighted by atomic mass is 16.4. The third-order valence-corrected chi connectivity index (χ3v) is 3.88. The lowest BCUT2D eigenvalue weighted by Gasteiger charge is -2.08. The van der Waals surface area contributed by atoms with Gasteiger partial charge in [0.15, 0.2) is 0 Å². The number of aryl methyl sites for hydroxylation is 1. The van der Waals surface area contributed by atoms with Gasteiger partial charge >= 0.3 is 11.7 Å². The maximum atomic E-state index is 12.0. The highest BCUT2D eigenvalue weighted by Gasteiger charge is 2.14. The Morgan fingerprint density at radius 1 is 1.33 bits per heavy atom. The monoisotopic (exact) mass is 369 g/mol. The Morgan fingerprint density at radius 2 is 2.11 bits per heavy atom. The number of hydrogen-bond donors (Lipinski definition) is 3. The number of carbonyl (C=O) groups is 1. The van der Waals surface area contributed by atoms with E-state index in [4.69, 9.17) is 9.52 Å². The minimum Gasteiger partial charge on any atom is -0.494 e. The van der Waals surface area contributed by atoms with Gasteiger partial charge in [-0.25, -0.2) is 9.59 Å². The molecule has 0 radical (unpaired) electrons. The number of aliphatic imine (C=N–C) groups is 1. The van der Waals surface area contributed by atoms with Gasteiger partial charge in [0.25, 0.3) is 5.56 Å². The van der Waals surface area contributed by atoms with Crippen molar-refractivity contribution in [1.82, 2.24) is 9.55 Å². The van der Waals surface area contributed by atoms with Crippen LogP contribution >= 0.6 is 0 Å². The SMILES string of the molecule is Cc1cc(C(=O)O)ccc1N=Cc1c(O)n(Cc2ccco2)c(=O)[nH]c1=O. The molecule has 0 amide bonds. The molecule has 0 fully saturated rings. The molecule has 0 atom stereocenters. The van der Waals surface area contributed by atoms with Crippen molar-refractivity contribution in [3.8, 4) is 5.88 Å². The van der Waals surface area contributed by atoms with Gasteiger partial charge in [0.2, 0.25) is 5.88 Å². The molecule has 0 aliphatic carbocycles. The molecule has 9 heteroatoms. The molecule has 138 valence electrons. The van der Waals surface area contributed by atoms with Crippen LogP contribution in [0.2, 0.25) is 0 Å². The van der Waals surface area contributed by atoms with E-state index in [1.807, 2.05) is 0 Å². The summed E-state index contributed by atoms with van der Waals surface area (Å²) < 4.78 is 6.10. The molecule has 3 N–H and O–H groups in total. The Hall–Kier alpha value is -3.88. The average Bonchev–Trinajstić information content (AvgIpc) is 3.12. The highest BCUT2D eigenvalue weighted by molar-refractivity contribution is 5.89. The first-order valence-corrected chi connectivity index (χ1v) is 7.83. The Labute approximate surface area is 151 Å². The fourth-order valence-electron chi connectivity index (χ4n) is 2.46. The minimum atomic E-state index is -1.06. The molecular formula is C18H15N3O6. The summed E-state index contributed by atoms with van der Waals surface area (Å²) in [6, 6.07) is 7.56. The van der Waals surface area contributed by atoms with E-state index >= 15 is 0 Å². The molecule has 2 heterocycles. The summed E-state index contributed by atoms with van der Waals surface area (Å²) in [7, 11) is 0. The number of H-pyrrole nitrogens is 1. The van der Waals surface area contributed by atoms with Crippen LogP contribution in [0, 0.1) is 6.92 Å². The van der Waals surface area contributed by atoms with E-state index in [0.29, 0.717) is 17.0 Å². The number of aromatic carboxylic acids is 1. The van der Waals surface area contributed by atoms with Gasteiger partial charge in [-0.3, -0.25) is 19.3 Å². The summed E-state index contributed by atoms with van der Waals surface area (Å²) in [4.78, 5) is 41.2. The molecule has 1 aromatic carbocycles. The zero-order valence-electron chi connectivity index (χ0n) is 14.2. The number of furan rings is 1. The first-order valence-electron chi connectivity index (χ1n) is 7.83. The summed E-state index contributed by atoms with van der Waals surface area (Å²) in [5, 5.41) is 19.3. The molecule has 3 rings (SSSR count). The van der Waals surface area contributed by atoms with E-state index in [9.17, 15) is 19.5 Å². The third-order valence-electron chi connectivity index (χ3n) is 3.88. The molecule has 0 spiro atoms. The number of aromatic amines is 1. The molecule has 0 aliphatic rings. The van der Waals surface area contributed by atoms with Crippen LogP contribution < -0.4 is 11.2 Å². The summed E-state index contributed by atoms with van der Waals surface area (Å²) in [6.45, 7) is 1.60. The van der Waals surface area contributed by atoms with Crippen LogP contribution in [-0.4, -0.2) is 31.9 Å². The molecule has 0 bridgehead atoms. The van der Waals surface area contributed by atoms with Crippen LogP contribution in [0.25, 0.3) is 0 Å². The van der Waals surface area contributed by atoms with Crippen molar-refractivity contribution >= 4 is 17.9 Å². The Morgan fingerprint density at radius 3 is 2.74 bits per heavy atom. The number of nitrogens with one attached hydrogen (secondary N) is 1. The maximum Gasteiger partial charge on any atom is 0.335 e. The lowest BCUT2D eigenvalue weighted by atomic mass is 10.1. The van der Waals surface area contributed by atoms with Gasteiger partial charge < -0.3 is 14.6 Å². The summed E-state index contributed by atoms with van der Waals surface area (Å²) >= 11 is 0. The number of aromatic nitrogens is 2. The molecule has 0 unspecified atom stereocenters. The topological polar surface area (TPSA) is 138 Å². The molecule has 0 saturated carbocycles. The van der Waals surface area contributed by atoms with Crippen LogP contribution in [0.4, 0.5) is 5.69 Å². The van der Waals surface area contributed by atoms with E-state index in [1.54, 1.807) is 19.1 Å². The number of carboxylic acids is 1. The Kier molecular flexibility index (Phi) is 4.75. The largest absolute Gasteiger partial charge is 0.494 e. The highest BCUT2D eigenvalue weighted by Crippen LogP contribution is 2.20. The first-order chi connectivity index (χ1) is 12.9. The van der Waals surface area contributed by atoms with Gasteiger partial charge in [0, 0.05) is 6.21 Å². The number of carboxylic acid groups (broad SMARTS) is 1. The summed E-state index contributed by atoms with van der Waals surface area (Å²) in [6.07, 6.45) is 2.55. The van der Waals surface area contributed by atoms with E-state index in [2.05, 4.69) is 9.98 Å². The van der Waals surface area contributed by atoms with Crippen LogP contribution in [0.15, 0.2) is 55.6 Å². The fraction of sp³-hybridized carbons (Fsp3) is 0.111.